The predicted molar refractivity (Wildman–Crippen MR) is 129 cm³/mol. The molecule has 184 valence electrons. The highest BCUT2D eigenvalue weighted by Crippen LogP contribution is 2.36. The number of fused-ring (bicyclic) bond motifs is 1. The van der Waals surface area contributed by atoms with Gasteiger partial charge in [0.1, 0.15) is 6.04 Å². The van der Waals surface area contributed by atoms with E-state index in [9.17, 15) is 18.0 Å². The van der Waals surface area contributed by atoms with Crippen LogP contribution < -0.4 is 19.1 Å². The van der Waals surface area contributed by atoms with E-state index in [1.54, 1.807) is 30.0 Å². The minimum atomic E-state index is -3.59. The van der Waals surface area contributed by atoms with Gasteiger partial charge in [0.15, 0.2) is 11.5 Å². The normalized spacial score (nSPS) is 13.3. The van der Waals surface area contributed by atoms with Crippen molar-refractivity contribution in [3.05, 3.63) is 54.1 Å². The van der Waals surface area contributed by atoms with Gasteiger partial charge >= 0.3 is 0 Å². The van der Waals surface area contributed by atoms with Crippen molar-refractivity contribution in [1.82, 2.24) is 10.2 Å². The number of anilines is 1. The van der Waals surface area contributed by atoms with E-state index in [2.05, 4.69) is 5.32 Å². The summed E-state index contributed by atoms with van der Waals surface area (Å²) in [7, 11) is -2.05. The summed E-state index contributed by atoms with van der Waals surface area (Å²) in [6, 6.07) is 14.0. The summed E-state index contributed by atoms with van der Waals surface area (Å²) in [5, 5.41) is 2.59. The van der Waals surface area contributed by atoms with E-state index in [0.29, 0.717) is 36.6 Å². The van der Waals surface area contributed by atoms with Gasteiger partial charge in [-0.3, -0.25) is 13.9 Å². The van der Waals surface area contributed by atoms with Crippen molar-refractivity contribution >= 4 is 27.5 Å². The molecule has 2 aromatic carbocycles. The molecule has 9 nitrogen and oxygen atoms in total. The van der Waals surface area contributed by atoms with E-state index in [-0.39, 0.29) is 31.6 Å². The second-order valence-corrected chi connectivity index (χ2v) is 10.00. The molecular formula is C24H31N3O6S. The zero-order valence-corrected chi connectivity index (χ0v) is 20.5. The maximum absolute atomic E-state index is 13.1. The number of nitrogens with zero attached hydrogens (tertiary/aromatic N) is 2. The van der Waals surface area contributed by atoms with Crippen molar-refractivity contribution < 1.29 is 27.5 Å². The average molecular weight is 490 g/mol. The SMILES string of the molecule is CNC(=O)[C@@H](C)N(CCc1ccccc1)C(=O)CCCN(c1ccc2c(c1)OCO2)S(C)(=O)=O. The standard InChI is InChI=1S/C24H31N3O6S/c1-18(24(29)25-2)26(15-13-19-8-5-4-6-9-19)23(28)10-7-14-27(34(3,30)31)20-11-12-21-22(16-20)33-17-32-21/h4-6,8-9,11-12,16,18H,7,10,13-15,17H2,1-3H3,(H,25,29)/t18-/m1/s1. The lowest BCUT2D eigenvalue weighted by Gasteiger charge is -2.29. The summed E-state index contributed by atoms with van der Waals surface area (Å²) in [5.74, 6) is 0.587. The molecule has 1 N–H and O–H groups in total. The lowest BCUT2D eigenvalue weighted by Crippen LogP contribution is -2.48. The number of benzene rings is 2. The summed E-state index contributed by atoms with van der Waals surface area (Å²) in [6.07, 6.45) is 2.13. The maximum Gasteiger partial charge on any atom is 0.242 e. The zero-order valence-electron chi connectivity index (χ0n) is 19.7. The number of rotatable bonds is 11. The number of hydrogen-bond donors (Lipinski definition) is 1. The molecule has 0 saturated carbocycles. The number of likely N-dealkylation sites (N-methyl/N-ethyl adjacent to an activating group) is 1. The van der Waals surface area contributed by atoms with Crippen molar-refractivity contribution in [1.29, 1.82) is 0 Å². The minimum Gasteiger partial charge on any atom is -0.454 e. The van der Waals surface area contributed by atoms with E-state index in [4.69, 9.17) is 9.47 Å². The van der Waals surface area contributed by atoms with Gasteiger partial charge in [-0.25, -0.2) is 8.42 Å². The number of ether oxygens (including phenoxy) is 2. The molecule has 1 atom stereocenters. The van der Waals surface area contributed by atoms with Crippen LogP contribution >= 0.6 is 0 Å². The molecule has 2 aromatic rings. The van der Waals surface area contributed by atoms with E-state index in [1.807, 2.05) is 30.3 Å². The topological polar surface area (TPSA) is 105 Å². The number of amides is 2. The van der Waals surface area contributed by atoms with Crippen molar-refractivity contribution in [3.63, 3.8) is 0 Å². The Morgan fingerprint density at radius 1 is 1.06 bits per heavy atom. The monoisotopic (exact) mass is 489 g/mol. The molecule has 0 unspecified atom stereocenters. The van der Waals surface area contributed by atoms with Crippen LogP contribution in [0.4, 0.5) is 5.69 Å². The van der Waals surface area contributed by atoms with Gasteiger partial charge in [-0.2, -0.15) is 0 Å². The molecule has 10 heteroatoms. The summed E-state index contributed by atoms with van der Waals surface area (Å²) in [6.45, 7) is 2.28. The van der Waals surface area contributed by atoms with Crippen LogP contribution in [0.15, 0.2) is 48.5 Å². The Kier molecular flexibility index (Phi) is 8.38. The molecule has 0 radical (unpaired) electrons. The Bertz CT molecular complexity index is 1110. The summed E-state index contributed by atoms with van der Waals surface area (Å²) in [4.78, 5) is 26.9. The quantitative estimate of drug-likeness (QED) is 0.519. The minimum absolute atomic E-state index is 0.0918. The van der Waals surface area contributed by atoms with Crippen LogP contribution in [0.5, 0.6) is 11.5 Å². The van der Waals surface area contributed by atoms with Crippen LogP contribution in [0.2, 0.25) is 0 Å². The Morgan fingerprint density at radius 2 is 1.76 bits per heavy atom. The number of carbonyl (C=O) groups is 2. The summed E-state index contributed by atoms with van der Waals surface area (Å²) >= 11 is 0. The molecule has 1 aliphatic heterocycles. The highest BCUT2D eigenvalue weighted by Gasteiger charge is 2.26. The van der Waals surface area contributed by atoms with Gasteiger partial charge in [0.2, 0.25) is 28.6 Å². The van der Waals surface area contributed by atoms with Crippen molar-refractivity contribution in [3.8, 4) is 11.5 Å². The first-order valence-corrected chi connectivity index (χ1v) is 13.0. The molecule has 1 heterocycles. The van der Waals surface area contributed by atoms with Gasteiger partial charge in [0.05, 0.1) is 11.9 Å². The average Bonchev–Trinajstić information content (AvgIpc) is 3.29. The molecule has 1 aliphatic rings. The number of sulfonamides is 1. The molecule has 0 saturated heterocycles. The maximum atomic E-state index is 13.1. The van der Waals surface area contributed by atoms with Crippen LogP contribution in [0.1, 0.15) is 25.3 Å². The van der Waals surface area contributed by atoms with Crippen LogP contribution in [0, 0.1) is 0 Å². The Morgan fingerprint density at radius 3 is 2.44 bits per heavy atom. The van der Waals surface area contributed by atoms with Crippen molar-refractivity contribution in [2.75, 3.05) is 37.5 Å². The van der Waals surface area contributed by atoms with Crippen molar-refractivity contribution in [2.24, 2.45) is 0 Å². The third-order valence-corrected chi connectivity index (χ3v) is 6.89. The smallest absolute Gasteiger partial charge is 0.242 e. The van der Waals surface area contributed by atoms with Gasteiger partial charge in [0.25, 0.3) is 0 Å². The van der Waals surface area contributed by atoms with Gasteiger partial charge in [-0.1, -0.05) is 30.3 Å². The molecule has 0 aromatic heterocycles. The van der Waals surface area contributed by atoms with Gasteiger partial charge in [0, 0.05) is 32.6 Å². The first kappa shape index (κ1) is 25.4. The lowest BCUT2D eigenvalue weighted by atomic mass is 10.1. The van der Waals surface area contributed by atoms with Crippen LogP contribution in [-0.4, -0.2) is 64.4 Å². The van der Waals surface area contributed by atoms with Crippen LogP contribution in [0.3, 0.4) is 0 Å². The predicted octanol–water partition coefficient (Wildman–Crippen LogP) is 2.17. The third kappa shape index (κ3) is 6.40. The number of hydrogen-bond acceptors (Lipinski definition) is 6. The van der Waals surface area contributed by atoms with Crippen LogP contribution in [-0.2, 0) is 26.0 Å². The van der Waals surface area contributed by atoms with E-state index < -0.39 is 16.1 Å². The fraction of sp³-hybridized carbons (Fsp3) is 0.417. The molecule has 2 amide bonds. The Hall–Kier alpha value is -3.27. The van der Waals surface area contributed by atoms with Crippen molar-refractivity contribution in [2.45, 2.75) is 32.2 Å². The first-order valence-electron chi connectivity index (χ1n) is 11.1. The second-order valence-electron chi connectivity index (χ2n) is 8.09. The molecular weight excluding hydrogens is 458 g/mol. The highest BCUT2D eigenvalue weighted by atomic mass is 32.2. The fourth-order valence-electron chi connectivity index (χ4n) is 3.82. The molecule has 3 rings (SSSR count). The van der Waals surface area contributed by atoms with E-state index >= 15 is 0 Å². The van der Waals surface area contributed by atoms with Crippen LogP contribution in [0.25, 0.3) is 0 Å². The Labute approximate surface area is 200 Å². The van der Waals surface area contributed by atoms with Gasteiger partial charge in [-0.05, 0) is 37.5 Å². The highest BCUT2D eigenvalue weighted by molar-refractivity contribution is 7.92. The van der Waals surface area contributed by atoms with Gasteiger partial charge < -0.3 is 19.7 Å². The molecule has 0 bridgehead atoms. The molecule has 34 heavy (non-hydrogen) atoms. The largest absolute Gasteiger partial charge is 0.454 e. The van der Waals surface area contributed by atoms with Gasteiger partial charge in [-0.15, -0.1) is 0 Å². The first-order chi connectivity index (χ1) is 16.2. The molecule has 0 spiro atoms. The zero-order chi connectivity index (χ0) is 24.7. The van der Waals surface area contributed by atoms with E-state index in [1.165, 1.54) is 11.4 Å². The molecule has 0 aliphatic carbocycles. The third-order valence-electron chi connectivity index (χ3n) is 5.69. The lowest BCUT2D eigenvalue weighted by molar-refractivity contribution is -0.139. The number of nitrogens with one attached hydrogen (secondary N) is 1. The van der Waals surface area contributed by atoms with E-state index in [0.717, 1.165) is 11.8 Å². The second kappa shape index (κ2) is 11.2. The Balaban J connectivity index is 1.67. The summed E-state index contributed by atoms with van der Waals surface area (Å²) in [5.41, 5.74) is 1.51. The summed E-state index contributed by atoms with van der Waals surface area (Å²) < 4.78 is 36.8. The molecule has 0 fully saturated rings. The number of carbonyl (C=O) groups excluding carboxylic acids is 2. The fourth-order valence-corrected chi connectivity index (χ4v) is 4.78.